The lowest BCUT2D eigenvalue weighted by Gasteiger charge is -2.18. The van der Waals surface area contributed by atoms with Gasteiger partial charge in [0.05, 0.1) is 17.6 Å². The maximum Gasteiger partial charge on any atom is 0.257 e. The number of ether oxygens (including phenoxy) is 1. The molecule has 1 fully saturated rings. The molecule has 1 saturated heterocycles. The molecule has 0 unspecified atom stereocenters. The molecule has 6 nitrogen and oxygen atoms in total. The maximum atomic E-state index is 12.8. The Bertz CT molecular complexity index is 953. The summed E-state index contributed by atoms with van der Waals surface area (Å²) < 4.78 is 33.3. The average molecular weight is 435 g/mol. The van der Waals surface area contributed by atoms with Crippen LogP contribution in [-0.4, -0.2) is 51.7 Å². The monoisotopic (exact) mass is 434 g/mol. The molecule has 0 aromatic heterocycles. The second-order valence-corrected chi connectivity index (χ2v) is 9.86. The molecule has 1 amide bonds. The highest BCUT2D eigenvalue weighted by Crippen LogP contribution is 2.25. The summed E-state index contributed by atoms with van der Waals surface area (Å²) in [4.78, 5) is 15.7. The number of sulfonamides is 1. The molecule has 0 bridgehead atoms. The van der Waals surface area contributed by atoms with Gasteiger partial charge in [0.2, 0.25) is 10.0 Å². The van der Waals surface area contributed by atoms with Crippen LogP contribution in [0.25, 0.3) is 0 Å². The highest BCUT2D eigenvalue weighted by molar-refractivity contribution is 7.99. The van der Waals surface area contributed by atoms with Gasteiger partial charge in [-0.05, 0) is 50.1 Å². The molecule has 8 heteroatoms. The Balaban J connectivity index is 1.66. The van der Waals surface area contributed by atoms with Gasteiger partial charge in [0.1, 0.15) is 5.75 Å². The third-order valence-electron chi connectivity index (χ3n) is 4.79. The van der Waals surface area contributed by atoms with E-state index < -0.39 is 10.0 Å². The number of methoxy groups -OCH3 is 1. The molecule has 2 aromatic carbocycles. The van der Waals surface area contributed by atoms with Crippen LogP contribution in [0.3, 0.4) is 0 Å². The highest BCUT2D eigenvalue weighted by atomic mass is 32.2. The van der Waals surface area contributed by atoms with Crippen LogP contribution < -0.4 is 9.46 Å². The molecular weight excluding hydrogens is 408 g/mol. The van der Waals surface area contributed by atoms with Crippen LogP contribution in [0.5, 0.6) is 5.75 Å². The average Bonchev–Trinajstić information content (AvgIpc) is 3.26. The lowest BCUT2D eigenvalue weighted by molar-refractivity contribution is 0.0789. The molecule has 29 heavy (non-hydrogen) atoms. The molecule has 0 atom stereocenters. The summed E-state index contributed by atoms with van der Waals surface area (Å²) in [6, 6.07) is 12.5. The number of likely N-dealkylation sites (tertiary alicyclic amines) is 1. The lowest BCUT2D eigenvalue weighted by atomic mass is 10.1. The topological polar surface area (TPSA) is 75.7 Å². The number of thioether (sulfide) groups is 1. The van der Waals surface area contributed by atoms with Gasteiger partial charge in [0, 0.05) is 30.3 Å². The van der Waals surface area contributed by atoms with Gasteiger partial charge in [-0.1, -0.05) is 17.7 Å². The van der Waals surface area contributed by atoms with Gasteiger partial charge in [-0.3, -0.25) is 4.79 Å². The van der Waals surface area contributed by atoms with Crippen LogP contribution in [0, 0.1) is 6.92 Å². The van der Waals surface area contributed by atoms with E-state index in [4.69, 9.17) is 4.74 Å². The normalized spacial score (nSPS) is 14.2. The molecule has 1 aliphatic rings. The number of carbonyl (C=O) groups is 1. The number of benzene rings is 2. The minimum Gasteiger partial charge on any atom is -0.496 e. The molecule has 0 radical (unpaired) electrons. The standard InChI is InChI=1S/C21H26N2O4S2/c1-16-5-7-17(8-6-16)28-14-11-22-29(25,26)18-9-10-20(27-2)19(15-18)21(24)23-12-3-4-13-23/h5-10,15,22H,3-4,11-14H2,1-2H3. The van der Waals surface area contributed by atoms with E-state index in [0.717, 1.165) is 17.7 Å². The van der Waals surface area contributed by atoms with E-state index in [1.807, 2.05) is 31.2 Å². The lowest BCUT2D eigenvalue weighted by Crippen LogP contribution is -2.29. The molecule has 0 saturated carbocycles. The molecule has 2 aromatic rings. The van der Waals surface area contributed by atoms with Crippen molar-refractivity contribution in [3.63, 3.8) is 0 Å². The van der Waals surface area contributed by atoms with Crippen molar-refractivity contribution in [3.05, 3.63) is 53.6 Å². The summed E-state index contributed by atoms with van der Waals surface area (Å²) in [5.41, 5.74) is 1.47. The number of rotatable bonds is 8. The van der Waals surface area contributed by atoms with Gasteiger partial charge >= 0.3 is 0 Å². The van der Waals surface area contributed by atoms with Gasteiger partial charge in [0.15, 0.2) is 0 Å². The van der Waals surface area contributed by atoms with Crippen LogP contribution in [0.2, 0.25) is 0 Å². The molecule has 0 aliphatic carbocycles. The molecule has 3 rings (SSSR count). The van der Waals surface area contributed by atoms with E-state index in [0.29, 0.717) is 31.1 Å². The first-order valence-corrected chi connectivity index (χ1v) is 12.0. The van der Waals surface area contributed by atoms with Crippen LogP contribution in [0.1, 0.15) is 28.8 Å². The molecule has 1 heterocycles. The minimum absolute atomic E-state index is 0.0705. The molecule has 0 spiro atoms. The van der Waals surface area contributed by atoms with Gasteiger partial charge in [-0.15, -0.1) is 11.8 Å². The number of hydrogen-bond acceptors (Lipinski definition) is 5. The Morgan fingerprint density at radius 1 is 1.14 bits per heavy atom. The van der Waals surface area contributed by atoms with Crippen molar-refractivity contribution in [2.75, 3.05) is 32.5 Å². The first kappa shape index (κ1) is 21.7. The van der Waals surface area contributed by atoms with Crippen LogP contribution in [-0.2, 0) is 10.0 Å². The number of carbonyl (C=O) groups excluding carboxylic acids is 1. The zero-order valence-corrected chi connectivity index (χ0v) is 18.3. The third-order valence-corrected chi connectivity index (χ3v) is 7.26. The third kappa shape index (κ3) is 5.52. The number of aryl methyl sites for hydroxylation is 1. The largest absolute Gasteiger partial charge is 0.496 e. The quantitative estimate of drug-likeness (QED) is 0.510. The predicted molar refractivity (Wildman–Crippen MR) is 115 cm³/mol. The van der Waals surface area contributed by atoms with E-state index in [1.54, 1.807) is 22.7 Å². The smallest absolute Gasteiger partial charge is 0.257 e. The fourth-order valence-electron chi connectivity index (χ4n) is 3.17. The molecule has 156 valence electrons. The Morgan fingerprint density at radius 2 is 1.83 bits per heavy atom. The predicted octanol–water partition coefficient (Wildman–Crippen LogP) is 3.31. The van der Waals surface area contributed by atoms with Crippen LogP contribution in [0.4, 0.5) is 0 Å². The van der Waals surface area contributed by atoms with Crippen molar-refractivity contribution in [3.8, 4) is 5.75 Å². The maximum absolute atomic E-state index is 12.8. The van der Waals surface area contributed by atoms with E-state index in [2.05, 4.69) is 4.72 Å². The Kier molecular flexibility index (Phi) is 7.21. The second-order valence-electron chi connectivity index (χ2n) is 6.92. The minimum atomic E-state index is -3.72. The van der Waals surface area contributed by atoms with Crippen molar-refractivity contribution in [2.45, 2.75) is 29.6 Å². The fraction of sp³-hybridized carbons (Fsp3) is 0.381. The Labute approximate surface area is 176 Å². The van der Waals surface area contributed by atoms with Crippen molar-refractivity contribution < 1.29 is 17.9 Å². The number of hydrogen-bond donors (Lipinski definition) is 1. The first-order valence-electron chi connectivity index (χ1n) is 9.57. The summed E-state index contributed by atoms with van der Waals surface area (Å²) in [6.07, 6.45) is 1.93. The molecule has 1 aliphatic heterocycles. The summed E-state index contributed by atoms with van der Waals surface area (Å²) in [7, 11) is -2.24. The Morgan fingerprint density at radius 3 is 2.48 bits per heavy atom. The van der Waals surface area contributed by atoms with Gasteiger partial charge in [0.25, 0.3) is 5.91 Å². The summed E-state index contributed by atoms with van der Waals surface area (Å²) in [5, 5.41) is 0. The van der Waals surface area contributed by atoms with Gasteiger partial charge < -0.3 is 9.64 Å². The van der Waals surface area contributed by atoms with Crippen molar-refractivity contribution in [1.29, 1.82) is 0 Å². The SMILES string of the molecule is COc1ccc(S(=O)(=O)NCCSc2ccc(C)cc2)cc1C(=O)N1CCCC1. The number of nitrogens with one attached hydrogen (secondary N) is 1. The molecular formula is C21H26N2O4S2. The summed E-state index contributed by atoms with van der Waals surface area (Å²) in [6.45, 7) is 3.70. The first-order chi connectivity index (χ1) is 13.9. The number of nitrogens with zero attached hydrogens (tertiary/aromatic N) is 1. The van der Waals surface area contributed by atoms with E-state index >= 15 is 0 Å². The van der Waals surface area contributed by atoms with Crippen molar-refractivity contribution in [2.24, 2.45) is 0 Å². The van der Waals surface area contributed by atoms with Crippen molar-refractivity contribution in [1.82, 2.24) is 9.62 Å². The second kappa shape index (κ2) is 9.65. The summed E-state index contributed by atoms with van der Waals surface area (Å²) >= 11 is 1.59. The van der Waals surface area contributed by atoms with E-state index in [9.17, 15) is 13.2 Å². The van der Waals surface area contributed by atoms with E-state index in [-0.39, 0.29) is 16.4 Å². The van der Waals surface area contributed by atoms with E-state index in [1.165, 1.54) is 24.8 Å². The Hall–Kier alpha value is -2.03. The zero-order chi connectivity index (χ0) is 20.9. The summed E-state index contributed by atoms with van der Waals surface area (Å²) in [5.74, 6) is 0.806. The fourth-order valence-corrected chi connectivity index (χ4v) is 5.13. The highest BCUT2D eigenvalue weighted by Gasteiger charge is 2.25. The van der Waals surface area contributed by atoms with Crippen LogP contribution >= 0.6 is 11.8 Å². The van der Waals surface area contributed by atoms with Crippen LogP contribution in [0.15, 0.2) is 52.3 Å². The zero-order valence-electron chi connectivity index (χ0n) is 16.7. The van der Waals surface area contributed by atoms with Crippen molar-refractivity contribution >= 4 is 27.7 Å². The number of amides is 1. The van der Waals surface area contributed by atoms with Gasteiger partial charge in [-0.2, -0.15) is 0 Å². The van der Waals surface area contributed by atoms with Gasteiger partial charge in [-0.25, -0.2) is 13.1 Å². The molecule has 1 N–H and O–H groups in total.